The van der Waals surface area contributed by atoms with Crippen LogP contribution in [0.5, 0.6) is 0 Å². The molecule has 12 nitrogen and oxygen atoms in total. The van der Waals surface area contributed by atoms with Crippen molar-refractivity contribution in [3.8, 4) is 6.07 Å². The smallest absolute Gasteiger partial charge is 0.441 e. The van der Waals surface area contributed by atoms with E-state index in [1.54, 1.807) is 13.1 Å². The summed E-state index contributed by atoms with van der Waals surface area (Å²) in [5, 5.41) is 16.3. The van der Waals surface area contributed by atoms with Gasteiger partial charge in [0.25, 0.3) is 14.4 Å². The second kappa shape index (κ2) is 19.3. The van der Waals surface area contributed by atoms with Crippen LogP contribution in [0.3, 0.4) is 0 Å². The predicted molar refractivity (Wildman–Crippen MR) is 223 cm³/mol. The van der Waals surface area contributed by atoms with Gasteiger partial charge in [-0.05, 0) is 93.4 Å². The van der Waals surface area contributed by atoms with Crippen molar-refractivity contribution in [3.05, 3.63) is 82.4 Å². The van der Waals surface area contributed by atoms with Crippen LogP contribution in [-0.4, -0.2) is 80.6 Å². The van der Waals surface area contributed by atoms with Gasteiger partial charge in [-0.25, -0.2) is 9.46 Å². The van der Waals surface area contributed by atoms with Crippen LogP contribution in [0, 0.1) is 11.3 Å². The van der Waals surface area contributed by atoms with E-state index in [1.165, 1.54) is 54.6 Å². The van der Waals surface area contributed by atoms with E-state index >= 15 is 0 Å². The molecule has 3 aromatic rings. The van der Waals surface area contributed by atoms with E-state index in [2.05, 4.69) is 43.8 Å². The van der Waals surface area contributed by atoms with Gasteiger partial charge in [-0.2, -0.15) is 31.6 Å². The molecule has 20 heteroatoms. The fraction of sp³-hybridized carbons (Fsp3) is 0.452. The molecule has 2 heterocycles. The molecular formula is C42H48F6N5O7PSi. The third-order valence-electron chi connectivity index (χ3n) is 10.5. The molecule has 1 unspecified atom stereocenters. The highest BCUT2D eigenvalue weighted by Crippen LogP contribution is 2.50. The summed E-state index contributed by atoms with van der Waals surface area (Å²) in [7, 11) is -4.53. The fourth-order valence-corrected chi connectivity index (χ4v) is 12.5. The van der Waals surface area contributed by atoms with Gasteiger partial charge in [-0.15, -0.1) is 0 Å². The molecule has 3 amide bonds. The molecule has 5 rings (SSSR count). The second-order valence-electron chi connectivity index (χ2n) is 15.9. The van der Waals surface area contributed by atoms with Crippen molar-refractivity contribution in [2.45, 2.75) is 103 Å². The Labute approximate surface area is 357 Å². The summed E-state index contributed by atoms with van der Waals surface area (Å²) in [5.41, 5.74) is -1.17. The molecule has 3 aromatic carbocycles. The van der Waals surface area contributed by atoms with Gasteiger partial charge in [0.05, 0.1) is 31.3 Å². The van der Waals surface area contributed by atoms with Crippen LogP contribution in [0.2, 0.25) is 13.1 Å². The number of amides is 3. The maximum absolute atomic E-state index is 13.7. The third-order valence-corrected chi connectivity index (χ3v) is 16.2. The Hall–Kier alpha value is -4.86. The average molecular weight is 908 g/mol. The molecule has 62 heavy (non-hydrogen) atoms. The number of nitriles is 1. The second-order valence-corrected chi connectivity index (χ2v) is 21.7. The lowest BCUT2D eigenvalue weighted by Crippen LogP contribution is -2.63. The molecule has 334 valence electrons. The van der Waals surface area contributed by atoms with E-state index in [1.807, 2.05) is 10.6 Å². The molecule has 0 aliphatic carbocycles. The van der Waals surface area contributed by atoms with Crippen LogP contribution in [0.25, 0.3) is 0 Å². The molecule has 0 radical (unpaired) electrons. The van der Waals surface area contributed by atoms with Gasteiger partial charge in [-0.3, -0.25) is 14.4 Å². The van der Waals surface area contributed by atoms with Crippen molar-refractivity contribution >= 4 is 62.0 Å². The Balaban J connectivity index is 1.37. The molecule has 1 atom stereocenters. The number of esters is 1. The van der Waals surface area contributed by atoms with Gasteiger partial charge in [0.1, 0.15) is 8.07 Å². The number of unbranched alkanes of at least 4 members (excludes halogenated alkanes) is 3. The zero-order valence-electron chi connectivity index (χ0n) is 35.0. The van der Waals surface area contributed by atoms with Gasteiger partial charge >= 0.3 is 30.1 Å². The molecule has 2 aliphatic rings. The van der Waals surface area contributed by atoms with Crippen LogP contribution < -0.4 is 26.3 Å². The standard InChI is InChI=1S/C42H48F6N5O7PSi/c1-25(2)53(26(3)4)61(59-21-11-18-49)58-20-10-8-7-9-19-50-36(54)27-12-15-30-33(22-27)40(60-37(30)55)31-16-13-28(51-38(56)41(43,44)45)23-34(31)62(5,6)35-24-29(14-17-32(35)40)52-39(57)42(46,47)48/h12-17,22-26H,7-11,19-21H2,1-6H3,(H,50,54)(H,51,56)(H,52,57). The molecule has 0 saturated heterocycles. The number of benzene rings is 3. The molecule has 0 aromatic heterocycles. The van der Waals surface area contributed by atoms with Crippen molar-refractivity contribution in [2.24, 2.45) is 0 Å². The summed E-state index contributed by atoms with van der Waals surface area (Å²) < 4.78 is 100. The number of nitrogens with one attached hydrogen (secondary N) is 3. The largest absolute Gasteiger partial charge is 0.471 e. The summed E-state index contributed by atoms with van der Waals surface area (Å²) in [5.74, 6) is -5.72. The highest BCUT2D eigenvalue weighted by Gasteiger charge is 2.56. The summed E-state index contributed by atoms with van der Waals surface area (Å²) in [6.45, 7) is 12.8. The average Bonchev–Trinajstić information content (AvgIpc) is 3.48. The van der Waals surface area contributed by atoms with E-state index in [9.17, 15) is 45.5 Å². The number of hydrogen-bond donors (Lipinski definition) is 3. The van der Waals surface area contributed by atoms with E-state index in [0.717, 1.165) is 19.3 Å². The lowest BCUT2D eigenvalue weighted by Gasteiger charge is -2.44. The molecule has 0 fully saturated rings. The van der Waals surface area contributed by atoms with E-state index < -0.39 is 58.2 Å². The first kappa shape index (κ1) is 48.2. The summed E-state index contributed by atoms with van der Waals surface area (Å²) in [6, 6.07) is 14.7. The lowest BCUT2D eigenvalue weighted by atomic mass is 9.78. The molecular weight excluding hydrogens is 860 g/mol. The van der Waals surface area contributed by atoms with Gasteiger partial charge in [0.2, 0.25) is 0 Å². The van der Waals surface area contributed by atoms with Crippen LogP contribution in [0.15, 0.2) is 54.6 Å². The minimum absolute atomic E-state index is 0.0787. The SMILES string of the molecule is CC(C)N(C(C)C)P(OCCC#N)OCCCCCCNC(=O)c1ccc2c(c1)C1(OC2=O)c2ccc(NC(=O)C(F)(F)F)cc2[Si](C)(C)c2cc(NC(=O)C(F)(F)F)ccc21. The zero-order valence-corrected chi connectivity index (χ0v) is 36.9. The van der Waals surface area contributed by atoms with Gasteiger partial charge in [0.15, 0.2) is 5.60 Å². The number of ether oxygens (including phenoxy) is 1. The first-order valence-corrected chi connectivity index (χ1v) is 24.1. The molecule has 0 saturated carbocycles. The Morgan fingerprint density at radius 3 is 1.84 bits per heavy atom. The highest BCUT2D eigenvalue weighted by atomic mass is 31.2. The number of rotatable bonds is 17. The van der Waals surface area contributed by atoms with E-state index in [0.29, 0.717) is 41.1 Å². The first-order chi connectivity index (χ1) is 29.0. The number of alkyl halides is 6. The number of fused-ring (bicyclic) bond motifs is 6. The molecule has 3 N–H and O–H groups in total. The monoisotopic (exact) mass is 907 g/mol. The normalized spacial score (nSPS) is 15.4. The highest BCUT2D eigenvalue weighted by molar-refractivity contribution is 7.44. The number of carbonyl (C=O) groups excluding carboxylic acids is 4. The molecule has 2 aliphatic heterocycles. The maximum Gasteiger partial charge on any atom is 0.471 e. The van der Waals surface area contributed by atoms with Crippen LogP contribution in [0.4, 0.5) is 37.7 Å². The topological polar surface area (TPSA) is 159 Å². The van der Waals surface area contributed by atoms with Crippen molar-refractivity contribution in [3.63, 3.8) is 0 Å². The number of carbonyl (C=O) groups is 4. The quantitative estimate of drug-likeness (QED) is 0.0403. The first-order valence-electron chi connectivity index (χ1n) is 20.0. The Kier molecular flexibility index (Phi) is 15.0. The van der Waals surface area contributed by atoms with Crippen LogP contribution in [-0.2, 0) is 29.0 Å². The predicted octanol–water partition coefficient (Wildman–Crippen LogP) is 7.87. The maximum atomic E-state index is 13.7. The minimum atomic E-state index is -5.21. The van der Waals surface area contributed by atoms with Crippen molar-refractivity contribution in [2.75, 3.05) is 30.4 Å². The van der Waals surface area contributed by atoms with Gasteiger partial charge < -0.3 is 29.7 Å². The van der Waals surface area contributed by atoms with Crippen LogP contribution >= 0.6 is 8.53 Å². The van der Waals surface area contributed by atoms with E-state index in [4.69, 9.17) is 19.0 Å². The number of hydrogen-bond acceptors (Lipinski definition) is 9. The fourth-order valence-electron chi connectivity index (χ4n) is 7.73. The van der Waals surface area contributed by atoms with E-state index in [-0.39, 0.29) is 53.2 Å². The number of halogens is 6. The summed E-state index contributed by atoms with van der Waals surface area (Å²) >= 11 is 0. The third kappa shape index (κ3) is 10.3. The Morgan fingerprint density at radius 1 is 0.790 bits per heavy atom. The Morgan fingerprint density at radius 2 is 1.32 bits per heavy atom. The summed E-state index contributed by atoms with van der Waals surface area (Å²) in [4.78, 5) is 51.1. The van der Waals surface area contributed by atoms with Crippen LogP contribution in [0.1, 0.15) is 97.2 Å². The van der Waals surface area contributed by atoms with Crippen molar-refractivity contribution in [1.29, 1.82) is 5.26 Å². The van der Waals surface area contributed by atoms with Gasteiger partial charge in [0, 0.05) is 52.3 Å². The lowest BCUT2D eigenvalue weighted by molar-refractivity contribution is -0.167. The van der Waals surface area contributed by atoms with Crippen molar-refractivity contribution < 1.29 is 59.3 Å². The van der Waals surface area contributed by atoms with Gasteiger partial charge in [-0.1, -0.05) is 38.1 Å². The number of nitrogens with zero attached hydrogens (tertiary/aromatic N) is 2. The zero-order chi connectivity index (χ0) is 45.8. The Bertz CT molecular complexity index is 2140. The summed E-state index contributed by atoms with van der Waals surface area (Å²) in [6.07, 6.45) is -7.20. The number of anilines is 2. The minimum Gasteiger partial charge on any atom is -0.441 e. The molecule has 1 spiro atoms. The van der Waals surface area contributed by atoms with Crippen molar-refractivity contribution in [1.82, 2.24) is 9.99 Å². The molecule has 0 bridgehead atoms.